The topological polar surface area (TPSA) is 55.1 Å². The Labute approximate surface area is 101 Å². The zero-order valence-corrected chi connectivity index (χ0v) is 9.40. The number of aromatic nitrogens is 2. The molecule has 6 heteroatoms. The van der Waals surface area contributed by atoms with Crippen LogP contribution in [-0.2, 0) is 0 Å². The molecule has 0 atom stereocenters. The van der Waals surface area contributed by atoms with Gasteiger partial charge < -0.3 is 5.11 Å². The first-order valence-electron chi connectivity index (χ1n) is 4.32. The molecule has 0 amide bonds. The Morgan fingerprint density at radius 1 is 1.38 bits per heavy atom. The van der Waals surface area contributed by atoms with Crippen molar-refractivity contribution in [3.63, 3.8) is 0 Å². The van der Waals surface area contributed by atoms with Crippen LogP contribution >= 0.6 is 23.2 Å². The van der Waals surface area contributed by atoms with Crippen molar-refractivity contribution in [3.05, 3.63) is 46.2 Å². The van der Waals surface area contributed by atoms with Crippen LogP contribution in [0.5, 0.6) is 0 Å². The van der Waals surface area contributed by atoms with Gasteiger partial charge in [0.15, 0.2) is 0 Å². The van der Waals surface area contributed by atoms with Crippen LogP contribution in [0.4, 0.5) is 0 Å². The van der Waals surface area contributed by atoms with Gasteiger partial charge in [-0.3, -0.25) is 0 Å². The summed E-state index contributed by atoms with van der Waals surface area (Å²) < 4.78 is 1.37. The molecule has 1 aromatic heterocycles. The number of carbonyl (C=O) groups is 1. The van der Waals surface area contributed by atoms with E-state index in [4.69, 9.17) is 28.3 Å². The Bertz CT molecular complexity index is 552. The summed E-state index contributed by atoms with van der Waals surface area (Å²) in [5.74, 6) is -1.04. The minimum absolute atomic E-state index is 0.0936. The maximum atomic E-state index is 10.7. The fourth-order valence-corrected chi connectivity index (χ4v) is 1.62. The van der Waals surface area contributed by atoms with Gasteiger partial charge in [0.2, 0.25) is 0 Å². The van der Waals surface area contributed by atoms with Gasteiger partial charge in [-0.2, -0.15) is 5.10 Å². The summed E-state index contributed by atoms with van der Waals surface area (Å²) >= 11 is 11.8. The van der Waals surface area contributed by atoms with E-state index in [0.717, 1.165) is 0 Å². The van der Waals surface area contributed by atoms with Gasteiger partial charge in [-0.25, -0.2) is 9.48 Å². The summed E-state index contributed by atoms with van der Waals surface area (Å²) in [5.41, 5.74) is 0.637. The summed E-state index contributed by atoms with van der Waals surface area (Å²) in [4.78, 5) is 10.7. The van der Waals surface area contributed by atoms with Gasteiger partial charge in [-0.1, -0.05) is 29.3 Å². The Morgan fingerprint density at radius 2 is 2.12 bits per heavy atom. The van der Waals surface area contributed by atoms with Crippen molar-refractivity contribution in [3.8, 4) is 5.69 Å². The molecular weight excluding hydrogens is 251 g/mol. The summed E-state index contributed by atoms with van der Waals surface area (Å²) in [6, 6.07) is 5.06. The number of nitrogens with zero attached hydrogens (tertiary/aromatic N) is 2. The molecule has 0 saturated carbocycles. The highest BCUT2D eigenvalue weighted by Gasteiger charge is 2.10. The standard InChI is InChI=1S/C10H6Cl2N2O2/c11-7-2-1-3-8(9(7)12)14-5-6(4-13-14)10(15)16/h1-5H,(H,15,16). The number of halogens is 2. The fourth-order valence-electron chi connectivity index (χ4n) is 1.23. The van der Waals surface area contributed by atoms with Crippen molar-refractivity contribution in [1.82, 2.24) is 9.78 Å². The third kappa shape index (κ3) is 1.89. The van der Waals surface area contributed by atoms with Crippen molar-refractivity contribution < 1.29 is 9.90 Å². The molecule has 0 aliphatic heterocycles. The third-order valence-electron chi connectivity index (χ3n) is 2.01. The highest BCUT2D eigenvalue weighted by atomic mass is 35.5. The lowest BCUT2D eigenvalue weighted by Crippen LogP contribution is -1.96. The van der Waals surface area contributed by atoms with Crippen LogP contribution in [0.2, 0.25) is 10.0 Å². The lowest BCUT2D eigenvalue weighted by Gasteiger charge is -2.04. The first-order valence-corrected chi connectivity index (χ1v) is 5.07. The predicted molar refractivity (Wildman–Crippen MR) is 60.5 cm³/mol. The van der Waals surface area contributed by atoms with Gasteiger partial charge in [0.25, 0.3) is 0 Å². The molecule has 82 valence electrons. The number of hydrogen-bond acceptors (Lipinski definition) is 2. The molecule has 16 heavy (non-hydrogen) atoms. The Morgan fingerprint density at radius 3 is 2.75 bits per heavy atom. The molecule has 2 aromatic rings. The molecule has 0 spiro atoms. The number of carboxylic acid groups (broad SMARTS) is 1. The first kappa shape index (κ1) is 11.0. The third-order valence-corrected chi connectivity index (χ3v) is 2.82. The molecule has 0 unspecified atom stereocenters. The van der Waals surface area contributed by atoms with Gasteiger partial charge in [0.1, 0.15) is 0 Å². The van der Waals surface area contributed by atoms with E-state index in [1.807, 2.05) is 0 Å². The molecule has 1 aromatic carbocycles. The van der Waals surface area contributed by atoms with Crippen molar-refractivity contribution in [1.29, 1.82) is 0 Å². The molecule has 0 aliphatic rings. The van der Waals surface area contributed by atoms with E-state index in [-0.39, 0.29) is 5.56 Å². The van der Waals surface area contributed by atoms with Gasteiger partial charge in [-0.05, 0) is 12.1 Å². The first-order chi connectivity index (χ1) is 7.59. The smallest absolute Gasteiger partial charge is 0.338 e. The normalized spacial score (nSPS) is 10.4. The number of benzene rings is 1. The van der Waals surface area contributed by atoms with Crippen molar-refractivity contribution in [2.75, 3.05) is 0 Å². The number of rotatable bonds is 2. The maximum Gasteiger partial charge on any atom is 0.338 e. The summed E-state index contributed by atoms with van der Waals surface area (Å²) in [6.07, 6.45) is 2.62. The lowest BCUT2D eigenvalue weighted by molar-refractivity contribution is 0.0697. The molecule has 4 nitrogen and oxygen atoms in total. The summed E-state index contributed by atoms with van der Waals surface area (Å²) in [7, 11) is 0. The Kier molecular flexibility index (Phi) is 2.85. The van der Waals surface area contributed by atoms with Crippen LogP contribution < -0.4 is 0 Å². The molecule has 0 radical (unpaired) electrons. The van der Waals surface area contributed by atoms with Crippen LogP contribution in [0.1, 0.15) is 10.4 Å². The largest absolute Gasteiger partial charge is 0.478 e. The van der Waals surface area contributed by atoms with Crippen LogP contribution in [-0.4, -0.2) is 20.9 Å². The highest BCUT2D eigenvalue weighted by molar-refractivity contribution is 6.43. The molecule has 1 N–H and O–H groups in total. The van der Waals surface area contributed by atoms with Gasteiger partial charge in [-0.15, -0.1) is 0 Å². The average Bonchev–Trinajstić information content (AvgIpc) is 2.71. The predicted octanol–water partition coefficient (Wildman–Crippen LogP) is 2.88. The minimum atomic E-state index is -1.04. The lowest BCUT2D eigenvalue weighted by atomic mass is 10.3. The second-order valence-electron chi connectivity index (χ2n) is 3.05. The second kappa shape index (κ2) is 4.15. The van der Waals surface area contributed by atoms with Crippen LogP contribution in [0.3, 0.4) is 0 Å². The van der Waals surface area contributed by atoms with E-state index in [9.17, 15) is 4.79 Å². The van der Waals surface area contributed by atoms with Gasteiger partial charge in [0, 0.05) is 6.20 Å². The van der Waals surface area contributed by atoms with E-state index in [1.165, 1.54) is 17.1 Å². The van der Waals surface area contributed by atoms with Crippen LogP contribution in [0.25, 0.3) is 5.69 Å². The molecule has 0 aliphatic carbocycles. The van der Waals surface area contributed by atoms with E-state index in [1.54, 1.807) is 18.2 Å². The second-order valence-corrected chi connectivity index (χ2v) is 3.84. The molecular formula is C10H6Cl2N2O2. The van der Waals surface area contributed by atoms with Crippen molar-refractivity contribution >= 4 is 29.2 Å². The van der Waals surface area contributed by atoms with E-state index >= 15 is 0 Å². The number of aromatic carboxylic acids is 1. The van der Waals surface area contributed by atoms with Crippen molar-refractivity contribution in [2.45, 2.75) is 0 Å². The van der Waals surface area contributed by atoms with E-state index < -0.39 is 5.97 Å². The zero-order chi connectivity index (χ0) is 11.7. The van der Waals surface area contributed by atoms with Crippen molar-refractivity contribution in [2.24, 2.45) is 0 Å². The molecule has 2 rings (SSSR count). The number of hydrogen-bond donors (Lipinski definition) is 1. The Balaban J connectivity index is 2.50. The molecule has 0 bridgehead atoms. The fraction of sp³-hybridized carbons (Fsp3) is 0. The van der Waals surface area contributed by atoms with Gasteiger partial charge >= 0.3 is 5.97 Å². The van der Waals surface area contributed by atoms with E-state index in [2.05, 4.69) is 5.10 Å². The number of carboxylic acids is 1. The minimum Gasteiger partial charge on any atom is -0.478 e. The zero-order valence-electron chi connectivity index (χ0n) is 7.89. The SMILES string of the molecule is O=C(O)c1cnn(-c2cccc(Cl)c2Cl)c1. The molecule has 0 saturated heterocycles. The maximum absolute atomic E-state index is 10.7. The summed E-state index contributed by atoms with van der Waals surface area (Å²) in [5, 5.41) is 13.4. The van der Waals surface area contributed by atoms with E-state index in [0.29, 0.717) is 15.7 Å². The van der Waals surface area contributed by atoms with Crippen LogP contribution in [0, 0.1) is 0 Å². The monoisotopic (exact) mass is 256 g/mol. The Hall–Kier alpha value is -1.52. The quantitative estimate of drug-likeness (QED) is 0.899. The van der Waals surface area contributed by atoms with Crippen LogP contribution in [0.15, 0.2) is 30.6 Å². The van der Waals surface area contributed by atoms with Gasteiger partial charge in [0.05, 0.1) is 27.5 Å². The average molecular weight is 257 g/mol. The highest BCUT2D eigenvalue weighted by Crippen LogP contribution is 2.27. The molecule has 1 heterocycles. The summed E-state index contributed by atoms with van der Waals surface area (Å²) in [6.45, 7) is 0. The molecule has 0 fully saturated rings.